The lowest BCUT2D eigenvalue weighted by Gasteiger charge is -2.34. The van der Waals surface area contributed by atoms with E-state index in [-0.39, 0.29) is 5.91 Å². The van der Waals surface area contributed by atoms with Crippen LogP contribution in [0.5, 0.6) is 0 Å². The zero-order valence-corrected chi connectivity index (χ0v) is 18.2. The first-order chi connectivity index (χ1) is 14.0. The summed E-state index contributed by atoms with van der Waals surface area (Å²) in [7, 11) is 0. The van der Waals surface area contributed by atoms with Crippen molar-refractivity contribution in [3.8, 4) is 0 Å². The molecule has 0 radical (unpaired) electrons. The Hall–Kier alpha value is -2.44. The summed E-state index contributed by atoms with van der Waals surface area (Å²) in [5.74, 6) is 0.0194. The molecule has 1 aromatic heterocycles. The lowest BCUT2D eigenvalue weighted by Crippen LogP contribution is -2.48. The van der Waals surface area contributed by atoms with Gasteiger partial charge in [0.25, 0.3) is 5.91 Å². The van der Waals surface area contributed by atoms with Gasteiger partial charge in [0.1, 0.15) is 0 Å². The van der Waals surface area contributed by atoms with Crippen LogP contribution < -0.4 is 10.2 Å². The van der Waals surface area contributed by atoms with Gasteiger partial charge in [0.05, 0.1) is 10.2 Å². The first-order valence-electron chi connectivity index (χ1n) is 10.2. The second kappa shape index (κ2) is 8.51. The largest absolute Gasteiger partial charge is 0.351 e. The van der Waals surface area contributed by atoms with E-state index in [1.165, 1.54) is 15.8 Å². The van der Waals surface area contributed by atoms with Gasteiger partial charge in [-0.1, -0.05) is 35.1 Å². The van der Waals surface area contributed by atoms with Gasteiger partial charge in [-0.2, -0.15) is 0 Å². The number of anilines is 1. The summed E-state index contributed by atoms with van der Waals surface area (Å²) in [6.45, 7) is 11.7. The summed E-state index contributed by atoms with van der Waals surface area (Å²) in [5, 5.41) is 4.19. The maximum Gasteiger partial charge on any atom is 0.251 e. The monoisotopic (exact) mass is 408 g/mol. The van der Waals surface area contributed by atoms with Crippen molar-refractivity contribution in [2.75, 3.05) is 44.2 Å². The number of aromatic nitrogens is 1. The highest BCUT2D eigenvalue weighted by Crippen LogP contribution is 2.30. The fourth-order valence-electron chi connectivity index (χ4n) is 3.81. The standard InChI is InChI=1S/C23H28N4OS/c1-16-4-6-19(18(3)14-16)22(28)24-8-9-26-10-12-27(13-11-26)23-25-20-7-5-17(2)15-21(20)29-23/h4-7,14-15H,8-13H2,1-3H3,(H,24,28). The Labute approximate surface area is 176 Å². The maximum absolute atomic E-state index is 12.4. The van der Waals surface area contributed by atoms with E-state index in [0.717, 1.165) is 54.5 Å². The molecule has 152 valence electrons. The molecule has 0 aliphatic carbocycles. The van der Waals surface area contributed by atoms with Crippen LogP contribution in [0.25, 0.3) is 10.2 Å². The quantitative estimate of drug-likeness (QED) is 0.698. The van der Waals surface area contributed by atoms with E-state index in [0.29, 0.717) is 6.54 Å². The number of benzene rings is 2. The summed E-state index contributed by atoms with van der Waals surface area (Å²) < 4.78 is 1.26. The Morgan fingerprint density at radius 1 is 1.03 bits per heavy atom. The molecule has 0 unspecified atom stereocenters. The SMILES string of the molecule is Cc1ccc(C(=O)NCCN2CCN(c3nc4ccc(C)cc4s3)CC2)c(C)c1. The second-order valence-corrected chi connectivity index (χ2v) is 8.88. The van der Waals surface area contributed by atoms with Crippen LogP contribution in [0.3, 0.4) is 0 Å². The third-order valence-electron chi connectivity index (χ3n) is 5.52. The second-order valence-electron chi connectivity index (χ2n) is 7.87. The molecule has 29 heavy (non-hydrogen) atoms. The molecule has 0 saturated carbocycles. The van der Waals surface area contributed by atoms with Gasteiger partial charge in [-0.25, -0.2) is 4.98 Å². The minimum atomic E-state index is 0.0194. The first-order valence-corrected chi connectivity index (χ1v) is 11.0. The van der Waals surface area contributed by atoms with Gasteiger partial charge in [0.2, 0.25) is 0 Å². The molecular weight excluding hydrogens is 380 g/mol. The van der Waals surface area contributed by atoms with Gasteiger partial charge in [-0.05, 0) is 50.1 Å². The minimum Gasteiger partial charge on any atom is -0.351 e. The van der Waals surface area contributed by atoms with E-state index < -0.39 is 0 Å². The van der Waals surface area contributed by atoms with Crippen LogP contribution in [0.15, 0.2) is 36.4 Å². The number of hydrogen-bond donors (Lipinski definition) is 1. The molecule has 0 bridgehead atoms. The average Bonchev–Trinajstić information content (AvgIpc) is 3.11. The van der Waals surface area contributed by atoms with E-state index >= 15 is 0 Å². The normalized spacial score (nSPS) is 15.1. The van der Waals surface area contributed by atoms with E-state index in [4.69, 9.17) is 4.98 Å². The molecule has 2 heterocycles. The van der Waals surface area contributed by atoms with Gasteiger partial charge in [-0.15, -0.1) is 0 Å². The van der Waals surface area contributed by atoms with Crippen LogP contribution in [-0.4, -0.2) is 55.1 Å². The number of nitrogens with zero attached hydrogens (tertiary/aromatic N) is 3. The minimum absolute atomic E-state index is 0.0194. The maximum atomic E-state index is 12.4. The number of carbonyl (C=O) groups is 1. The number of piperazine rings is 1. The van der Waals surface area contributed by atoms with Crippen molar-refractivity contribution < 1.29 is 4.79 Å². The Bertz CT molecular complexity index is 1020. The van der Waals surface area contributed by atoms with E-state index in [2.05, 4.69) is 46.3 Å². The van der Waals surface area contributed by atoms with Crippen LogP contribution >= 0.6 is 11.3 Å². The predicted molar refractivity (Wildman–Crippen MR) is 121 cm³/mol. The summed E-state index contributed by atoms with van der Waals surface area (Å²) in [6.07, 6.45) is 0. The Morgan fingerprint density at radius 3 is 2.52 bits per heavy atom. The molecule has 1 aliphatic heterocycles. The molecule has 5 nitrogen and oxygen atoms in total. The molecule has 2 aromatic carbocycles. The third-order valence-corrected chi connectivity index (χ3v) is 6.59. The average molecular weight is 409 g/mol. The molecule has 1 saturated heterocycles. The molecular formula is C23H28N4OS. The Morgan fingerprint density at radius 2 is 1.76 bits per heavy atom. The highest BCUT2D eigenvalue weighted by atomic mass is 32.1. The summed E-state index contributed by atoms with van der Waals surface area (Å²) in [4.78, 5) is 22.0. The fourth-order valence-corrected chi connectivity index (χ4v) is 4.92. The summed E-state index contributed by atoms with van der Waals surface area (Å²) in [5.41, 5.74) is 5.35. The van der Waals surface area contributed by atoms with Crippen molar-refractivity contribution in [3.63, 3.8) is 0 Å². The van der Waals surface area contributed by atoms with Gasteiger partial charge in [0.15, 0.2) is 5.13 Å². The van der Waals surface area contributed by atoms with E-state index in [9.17, 15) is 4.79 Å². The van der Waals surface area contributed by atoms with Gasteiger partial charge < -0.3 is 10.2 Å². The number of nitrogens with one attached hydrogen (secondary N) is 1. The molecule has 6 heteroatoms. The number of carbonyl (C=O) groups excluding carboxylic acids is 1. The Balaban J connectivity index is 1.26. The Kier molecular flexibility index (Phi) is 5.83. The summed E-state index contributed by atoms with van der Waals surface area (Å²) in [6, 6.07) is 12.4. The molecule has 1 amide bonds. The number of aryl methyl sites for hydroxylation is 3. The highest BCUT2D eigenvalue weighted by Gasteiger charge is 2.20. The highest BCUT2D eigenvalue weighted by molar-refractivity contribution is 7.22. The van der Waals surface area contributed by atoms with Crippen molar-refractivity contribution in [2.24, 2.45) is 0 Å². The number of amides is 1. The number of rotatable bonds is 5. The molecule has 4 rings (SSSR count). The number of fused-ring (bicyclic) bond motifs is 1. The van der Waals surface area contributed by atoms with Crippen molar-refractivity contribution in [1.82, 2.24) is 15.2 Å². The van der Waals surface area contributed by atoms with Gasteiger partial charge in [-0.3, -0.25) is 9.69 Å². The molecule has 1 aliphatic rings. The summed E-state index contributed by atoms with van der Waals surface area (Å²) >= 11 is 1.78. The molecule has 0 spiro atoms. The van der Waals surface area contributed by atoms with Crippen molar-refractivity contribution >= 4 is 32.6 Å². The van der Waals surface area contributed by atoms with Crippen molar-refractivity contribution in [3.05, 3.63) is 58.7 Å². The molecule has 0 atom stereocenters. The van der Waals surface area contributed by atoms with Gasteiger partial charge >= 0.3 is 0 Å². The van der Waals surface area contributed by atoms with Gasteiger partial charge in [0, 0.05) is 44.8 Å². The zero-order valence-electron chi connectivity index (χ0n) is 17.4. The third kappa shape index (κ3) is 4.60. The lowest BCUT2D eigenvalue weighted by atomic mass is 10.1. The molecule has 3 aromatic rings. The van der Waals surface area contributed by atoms with Crippen molar-refractivity contribution in [1.29, 1.82) is 0 Å². The van der Waals surface area contributed by atoms with Crippen LogP contribution in [0, 0.1) is 20.8 Å². The predicted octanol–water partition coefficient (Wildman–Crippen LogP) is 3.77. The molecule has 1 N–H and O–H groups in total. The molecule has 1 fully saturated rings. The lowest BCUT2D eigenvalue weighted by molar-refractivity contribution is 0.0947. The topological polar surface area (TPSA) is 48.5 Å². The van der Waals surface area contributed by atoms with Crippen LogP contribution in [0.2, 0.25) is 0 Å². The number of hydrogen-bond acceptors (Lipinski definition) is 5. The smallest absolute Gasteiger partial charge is 0.251 e. The van der Waals surface area contributed by atoms with Crippen LogP contribution in [0.4, 0.5) is 5.13 Å². The fraction of sp³-hybridized carbons (Fsp3) is 0.391. The van der Waals surface area contributed by atoms with E-state index in [1.807, 2.05) is 26.0 Å². The van der Waals surface area contributed by atoms with Crippen LogP contribution in [-0.2, 0) is 0 Å². The van der Waals surface area contributed by atoms with E-state index in [1.54, 1.807) is 11.3 Å². The number of thiazole rings is 1. The van der Waals surface area contributed by atoms with Crippen LogP contribution in [0.1, 0.15) is 27.0 Å². The first kappa shape index (κ1) is 19.9. The zero-order chi connectivity index (χ0) is 20.4. The van der Waals surface area contributed by atoms with Crippen molar-refractivity contribution in [2.45, 2.75) is 20.8 Å².